The molecule has 0 bridgehead atoms. The predicted octanol–water partition coefficient (Wildman–Crippen LogP) is 1.73. The molecule has 0 aliphatic rings. The van der Waals surface area contributed by atoms with Gasteiger partial charge in [0.05, 0.1) is 17.7 Å². The van der Waals surface area contributed by atoms with E-state index in [0.29, 0.717) is 4.47 Å². The van der Waals surface area contributed by atoms with Gasteiger partial charge in [-0.3, -0.25) is 0 Å². The van der Waals surface area contributed by atoms with E-state index in [-0.39, 0.29) is 23.1 Å². The maximum absolute atomic E-state index is 12.3. The van der Waals surface area contributed by atoms with E-state index in [1.54, 1.807) is 6.07 Å². The number of methoxy groups -OCH3 is 1. The van der Waals surface area contributed by atoms with Gasteiger partial charge < -0.3 is 9.84 Å². The summed E-state index contributed by atoms with van der Waals surface area (Å²) in [4.78, 5) is 0.00415. The molecule has 0 heterocycles. The van der Waals surface area contributed by atoms with Crippen molar-refractivity contribution in [1.29, 1.82) is 0 Å². The smallest absolute Gasteiger partial charge is 0.244 e. The van der Waals surface area contributed by atoms with Gasteiger partial charge in [0.15, 0.2) is 0 Å². The second-order valence-electron chi connectivity index (χ2n) is 3.97. The lowest BCUT2D eigenvalue weighted by Gasteiger charge is -2.20. The van der Waals surface area contributed by atoms with Crippen LogP contribution < -0.4 is 0 Å². The Morgan fingerprint density at radius 2 is 2.16 bits per heavy atom. The Morgan fingerprint density at radius 3 is 2.68 bits per heavy atom. The molecule has 1 atom stereocenters. The lowest BCUT2D eigenvalue weighted by Crippen LogP contribution is -2.36. The van der Waals surface area contributed by atoms with Gasteiger partial charge in [-0.2, -0.15) is 4.31 Å². The van der Waals surface area contributed by atoms with Crippen molar-refractivity contribution in [2.45, 2.75) is 11.0 Å². The molecular formula is C11H15BrClNO4S. The van der Waals surface area contributed by atoms with Gasteiger partial charge in [-0.25, -0.2) is 8.42 Å². The Morgan fingerprint density at radius 1 is 1.53 bits per heavy atom. The molecule has 1 aromatic carbocycles. The van der Waals surface area contributed by atoms with Gasteiger partial charge >= 0.3 is 0 Å². The average molecular weight is 373 g/mol. The fourth-order valence-corrected chi connectivity index (χ4v) is 3.71. The van der Waals surface area contributed by atoms with Crippen LogP contribution in [-0.4, -0.2) is 51.2 Å². The van der Waals surface area contributed by atoms with Gasteiger partial charge in [0.25, 0.3) is 0 Å². The van der Waals surface area contributed by atoms with Gasteiger partial charge in [-0.05, 0) is 18.2 Å². The van der Waals surface area contributed by atoms with Crippen molar-refractivity contribution in [3.63, 3.8) is 0 Å². The molecule has 8 heteroatoms. The first-order valence-electron chi connectivity index (χ1n) is 5.37. The summed E-state index contributed by atoms with van der Waals surface area (Å²) < 4.78 is 31.1. The molecule has 0 radical (unpaired) electrons. The van der Waals surface area contributed by atoms with E-state index in [0.717, 1.165) is 4.31 Å². The number of hydrogen-bond acceptors (Lipinski definition) is 4. The Kier molecular flexibility index (Phi) is 6.22. The second kappa shape index (κ2) is 7.01. The van der Waals surface area contributed by atoms with Crippen LogP contribution in [0.4, 0.5) is 0 Å². The van der Waals surface area contributed by atoms with Crippen LogP contribution in [0, 0.1) is 0 Å². The van der Waals surface area contributed by atoms with Crippen LogP contribution in [0.25, 0.3) is 0 Å². The van der Waals surface area contributed by atoms with Crippen LogP contribution in [0.5, 0.6) is 0 Å². The Hall–Kier alpha value is -0.180. The molecule has 0 aliphatic carbocycles. The standard InChI is InChI=1S/C11H15BrClNO4S/c1-14(6-9(15)7-18-2)19(16,17)11-4-3-8(12)5-10(11)13/h3-5,9,15H,6-7H2,1-2H3. The highest BCUT2D eigenvalue weighted by atomic mass is 79.9. The number of nitrogens with zero attached hydrogens (tertiary/aromatic N) is 1. The summed E-state index contributed by atoms with van der Waals surface area (Å²) in [6, 6.07) is 4.52. The number of ether oxygens (including phenoxy) is 1. The number of hydrogen-bond donors (Lipinski definition) is 1. The van der Waals surface area contributed by atoms with E-state index < -0.39 is 16.1 Å². The van der Waals surface area contributed by atoms with Gasteiger partial charge in [-0.1, -0.05) is 27.5 Å². The minimum atomic E-state index is -3.73. The molecule has 0 aliphatic heterocycles. The first-order chi connectivity index (χ1) is 8.78. The molecular weight excluding hydrogens is 358 g/mol. The molecule has 1 rings (SSSR count). The van der Waals surface area contributed by atoms with Crippen molar-refractivity contribution in [2.75, 3.05) is 27.3 Å². The van der Waals surface area contributed by atoms with Gasteiger partial charge in [0, 0.05) is 25.2 Å². The number of benzene rings is 1. The zero-order valence-corrected chi connectivity index (χ0v) is 13.7. The molecule has 5 nitrogen and oxygen atoms in total. The highest BCUT2D eigenvalue weighted by Crippen LogP contribution is 2.27. The summed E-state index contributed by atoms with van der Waals surface area (Å²) in [5, 5.41) is 9.70. The summed E-state index contributed by atoms with van der Waals surface area (Å²) in [5.41, 5.74) is 0. The van der Waals surface area contributed by atoms with E-state index in [1.165, 1.54) is 26.3 Å². The van der Waals surface area contributed by atoms with Crippen LogP contribution in [0.15, 0.2) is 27.6 Å². The van der Waals surface area contributed by atoms with Crippen molar-refractivity contribution in [1.82, 2.24) is 4.31 Å². The number of sulfonamides is 1. The lowest BCUT2D eigenvalue weighted by atomic mass is 10.4. The molecule has 1 aromatic rings. The molecule has 0 saturated heterocycles. The van der Waals surface area contributed by atoms with Crippen LogP contribution in [0.2, 0.25) is 5.02 Å². The number of halogens is 2. The van der Waals surface area contributed by atoms with Crippen LogP contribution in [-0.2, 0) is 14.8 Å². The van der Waals surface area contributed by atoms with Crippen molar-refractivity contribution < 1.29 is 18.3 Å². The largest absolute Gasteiger partial charge is 0.389 e. The Balaban J connectivity index is 2.97. The summed E-state index contributed by atoms with van der Waals surface area (Å²) >= 11 is 9.14. The van der Waals surface area contributed by atoms with Crippen molar-refractivity contribution in [3.05, 3.63) is 27.7 Å². The Bertz CT molecular complexity index is 537. The van der Waals surface area contributed by atoms with Crippen molar-refractivity contribution in [2.24, 2.45) is 0 Å². The highest BCUT2D eigenvalue weighted by Gasteiger charge is 2.25. The normalized spacial score (nSPS) is 13.8. The topological polar surface area (TPSA) is 66.8 Å². The van der Waals surface area contributed by atoms with Gasteiger partial charge in [0.2, 0.25) is 10.0 Å². The van der Waals surface area contributed by atoms with Crippen LogP contribution in [0.1, 0.15) is 0 Å². The van der Waals surface area contributed by atoms with E-state index in [1.807, 2.05) is 0 Å². The number of likely N-dealkylation sites (N-methyl/N-ethyl adjacent to an activating group) is 1. The number of rotatable bonds is 6. The molecule has 0 aromatic heterocycles. The monoisotopic (exact) mass is 371 g/mol. The van der Waals surface area contributed by atoms with Crippen molar-refractivity contribution >= 4 is 37.6 Å². The quantitative estimate of drug-likeness (QED) is 0.826. The minimum absolute atomic E-state index is 0.00415. The van der Waals surface area contributed by atoms with E-state index in [9.17, 15) is 13.5 Å². The summed E-state index contributed by atoms with van der Waals surface area (Å²) in [5.74, 6) is 0. The molecule has 0 spiro atoms. The first kappa shape index (κ1) is 16.9. The number of aliphatic hydroxyl groups excluding tert-OH is 1. The average Bonchev–Trinajstić information content (AvgIpc) is 2.28. The molecule has 1 unspecified atom stereocenters. The summed E-state index contributed by atoms with van der Waals surface area (Å²) in [6.45, 7) is -0.00348. The van der Waals surface area contributed by atoms with E-state index in [2.05, 4.69) is 15.9 Å². The molecule has 0 fully saturated rings. The summed E-state index contributed by atoms with van der Waals surface area (Å²) in [7, 11) is -0.919. The molecule has 108 valence electrons. The fraction of sp³-hybridized carbons (Fsp3) is 0.455. The maximum Gasteiger partial charge on any atom is 0.244 e. The Labute approximate surface area is 126 Å². The van der Waals surface area contributed by atoms with Crippen molar-refractivity contribution in [3.8, 4) is 0 Å². The second-order valence-corrected chi connectivity index (χ2v) is 7.31. The maximum atomic E-state index is 12.3. The van der Waals surface area contributed by atoms with E-state index in [4.69, 9.17) is 16.3 Å². The van der Waals surface area contributed by atoms with Crippen LogP contribution in [0.3, 0.4) is 0 Å². The minimum Gasteiger partial charge on any atom is -0.389 e. The zero-order valence-electron chi connectivity index (χ0n) is 10.5. The van der Waals surface area contributed by atoms with Gasteiger partial charge in [0.1, 0.15) is 4.90 Å². The van der Waals surface area contributed by atoms with Crippen LogP contribution >= 0.6 is 27.5 Å². The molecule has 1 N–H and O–H groups in total. The molecule has 0 amide bonds. The zero-order chi connectivity index (χ0) is 14.6. The SMILES string of the molecule is COCC(O)CN(C)S(=O)(=O)c1ccc(Br)cc1Cl. The van der Waals surface area contributed by atoms with Gasteiger partial charge in [-0.15, -0.1) is 0 Å². The third kappa shape index (κ3) is 4.40. The molecule has 19 heavy (non-hydrogen) atoms. The lowest BCUT2D eigenvalue weighted by molar-refractivity contribution is 0.0554. The first-order valence-corrected chi connectivity index (χ1v) is 7.98. The fourth-order valence-electron chi connectivity index (χ4n) is 1.49. The van der Waals surface area contributed by atoms with E-state index >= 15 is 0 Å². The highest BCUT2D eigenvalue weighted by molar-refractivity contribution is 9.10. The predicted molar refractivity (Wildman–Crippen MR) is 76.9 cm³/mol. The summed E-state index contributed by atoms with van der Waals surface area (Å²) in [6.07, 6.45) is -0.890. The third-order valence-corrected chi connectivity index (χ3v) is 5.21. The molecule has 0 saturated carbocycles. The third-order valence-electron chi connectivity index (χ3n) is 2.41. The number of aliphatic hydroxyl groups is 1.